The van der Waals surface area contributed by atoms with Gasteiger partial charge in [0, 0.05) is 22.5 Å². The molecule has 6 aromatic carbocycles. The molecule has 3 saturated carbocycles. The quantitative estimate of drug-likeness (QED) is 0.160. The maximum Gasteiger partial charge on any atom is 0.0465 e. The summed E-state index contributed by atoms with van der Waals surface area (Å²) in [7, 11) is 0. The molecular weight excluding hydrogens is 651 g/mol. The molecular formula is C53H53N. The van der Waals surface area contributed by atoms with E-state index < -0.39 is 0 Å². The minimum atomic E-state index is -0.0633. The second-order valence-corrected chi connectivity index (χ2v) is 17.6. The van der Waals surface area contributed by atoms with E-state index in [1.165, 1.54) is 136 Å². The van der Waals surface area contributed by atoms with E-state index in [2.05, 4.69) is 159 Å². The van der Waals surface area contributed by atoms with E-state index in [4.69, 9.17) is 0 Å². The zero-order chi connectivity index (χ0) is 36.4. The second kappa shape index (κ2) is 13.5. The molecule has 4 aliphatic carbocycles. The van der Waals surface area contributed by atoms with Crippen LogP contribution in [0.2, 0.25) is 0 Å². The van der Waals surface area contributed by atoms with Crippen LogP contribution in [0.5, 0.6) is 0 Å². The number of hydrogen-bond acceptors (Lipinski definition) is 1. The molecule has 1 nitrogen and oxygen atoms in total. The van der Waals surface area contributed by atoms with E-state index in [9.17, 15) is 0 Å². The lowest BCUT2D eigenvalue weighted by Crippen LogP contribution is -2.16. The Morgan fingerprint density at radius 2 is 1.15 bits per heavy atom. The SMILES string of the molecule is Cc1cccc2c1-c1ccc(N(c3ccc(-c4ccccc4-c4ccc(C5CCCCC5)cc4)cc3)c3ccc(C4CC5CCC4C5)cc3)cc1C2(C)C. The van der Waals surface area contributed by atoms with Gasteiger partial charge in [0.2, 0.25) is 0 Å². The lowest BCUT2D eigenvalue weighted by molar-refractivity contribution is 0.420. The molecule has 3 fully saturated rings. The van der Waals surface area contributed by atoms with Gasteiger partial charge >= 0.3 is 0 Å². The smallest absolute Gasteiger partial charge is 0.0465 e. The van der Waals surface area contributed by atoms with Crippen molar-refractivity contribution in [1.82, 2.24) is 0 Å². The molecule has 0 saturated heterocycles. The highest BCUT2D eigenvalue weighted by atomic mass is 15.1. The summed E-state index contributed by atoms with van der Waals surface area (Å²) in [5.41, 5.74) is 18.7. The molecule has 0 radical (unpaired) electrons. The largest absolute Gasteiger partial charge is 0.310 e. The first kappa shape index (κ1) is 33.7. The van der Waals surface area contributed by atoms with Crippen LogP contribution >= 0.6 is 0 Å². The van der Waals surface area contributed by atoms with Gasteiger partial charge in [-0.3, -0.25) is 0 Å². The van der Waals surface area contributed by atoms with Crippen molar-refractivity contribution in [3.8, 4) is 33.4 Å². The lowest BCUT2D eigenvalue weighted by Gasteiger charge is -2.29. The van der Waals surface area contributed by atoms with Crippen molar-refractivity contribution in [3.05, 3.63) is 161 Å². The van der Waals surface area contributed by atoms with Crippen molar-refractivity contribution in [2.24, 2.45) is 11.8 Å². The van der Waals surface area contributed by atoms with Gasteiger partial charge in [-0.1, -0.05) is 137 Å². The number of hydrogen-bond donors (Lipinski definition) is 0. The average Bonchev–Trinajstić information content (AvgIpc) is 3.92. The zero-order valence-electron chi connectivity index (χ0n) is 32.3. The number of anilines is 3. The fourth-order valence-corrected chi connectivity index (χ4v) is 11.2. The number of benzene rings is 6. The number of aryl methyl sites for hydroxylation is 1. The highest BCUT2D eigenvalue weighted by molar-refractivity contribution is 5.88. The molecule has 1 heteroatoms. The molecule has 54 heavy (non-hydrogen) atoms. The minimum absolute atomic E-state index is 0.0633. The van der Waals surface area contributed by atoms with E-state index in [0.717, 1.165) is 23.7 Å². The van der Waals surface area contributed by atoms with Crippen molar-refractivity contribution in [2.45, 2.75) is 95.8 Å². The standard InChI is InChI=1S/C53H53N/c1-35-10-9-15-50-52(35)48-31-30-45(34-51(48)53(50,2)3)54(44-28-24-41(25-29-44)49-33-36-16-17-42(49)32-36)43-26-22-40(23-27-43)47-14-8-7-13-46(47)39-20-18-38(19-21-39)37-11-5-4-6-12-37/h7-10,13-15,18-31,34,36-37,42,49H,4-6,11-12,16-17,32-33H2,1-3H3. The third-order valence-electron chi connectivity index (χ3n) is 14.1. The van der Waals surface area contributed by atoms with Crippen LogP contribution in [-0.4, -0.2) is 0 Å². The van der Waals surface area contributed by atoms with Crippen molar-refractivity contribution in [3.63, 3.8) is 0 Å². The number of nitrogens with zero attached hydrogens (tertiary/aromatic N) is 1. The second-order valence-electron chi connectivity index (χ2n) is 17.6. The molecule has 4 aliphatic rings. The Kier molecular flexibility index (Phi) is 8.39. The summed E-state index contributed by atoms with van der Waals surface area (Å²) in [6, 6.07) is 51.4. The summed E-state index contributed by atoms with van der Waals surface area (Å²) in [6.45, 7) is 7.05. The van der Waals surface area contributed by atoms with E-state index in [-0.39, 0.29) is 5.41 Å². The van der Waals surface area contributed by atoms with E-state index >= 15 is 0 Å². The Morgan fingerprint density at radius 1 is 0.519 bits per heavy atom. The number of rotatable bonds is 7. The van der Waals surface area contributed by atoms with Gasteiger partial charge in [-0.2, -0.15) is 0 Å². The summed E-state index contributed by atoms with van der Waals surface area (Å²) in [6.07, 6.45) is 12.5. The van der Waals surface area contributed by atoms with Crippen molar-refractivity contribution in [2.75, 3.05) is 4.90 Å². The molecule has 0 aliphatic heterocycles. The summed E-state index contributed by atoms with van der Waals surface area (Å²) in [4.78, 5) is 2.48. The Bertz CT molecular complexity index is 2300. The van der Waals surface area contributed by atoms with Crippen LogP contribution in [0, 0.1) is 18.8 Å². The van der Waals surface area contributed by atoms with Crippen LogP contribution in [-0.2, 0) is 5.41 Å². The van der Waals surface area contributed by atoms with Crippen LogP contribution in [0.25, 0.3) is 33.4 Å². The van der Waals surface area contributed by atoms with Crippen molar-refractivity contribution >= 4 is 17.1 Å². The summed E-state index contributed by atoms with van der Waals surface area (Å²) in [5.74, 6) is 3.29. The van der Waals surface area contributed by atoms with E-state index in [1.807, 2.05) is 0 Å². The maximum atomic E-state index is 2.48. The van der Waals surface area contributed by atoms with E-state index in [1.54, 1.807) is 0 Å². The Balaban J connectivity index is 1.01. The molecule has 0 heterocycles. The predicted octanol–water partition coefficient (Wildman–Crippen LogP) is 15.1. The molecule has 0 aromatic heterocycles. The molecule has 3 atom stereocenters. The number of fused-ring (bicyclic) bond motifs is 5. The van der Waals surface area contributed by atoms with E-state index in [0.29, 0.717) is 0 Å². The molecule has 2 bridgehead atoms. The van der Waals surface area contributed by atoms with Crippen LogP contribution in [0.3, 0.4) is 0 Å². The maximum absolute atomic E-state index is 2.48. The molecule has 0 spiro atoms. The first-order valence-electron chi connectivity index (χ1n) is 20.9. The topological polar surface area (TPSA) is 3.24 Å². The van der Waals surface area contributed by atoms with Gasteiger partial charge in [-0.15, -0.1) is 0 Å². The van der Waals surface area contributed by atoms with Crippen LogP contribution in [0.1, 0.15) is 111 Å². The van der Waals surface area contributed by atoms with Crippen LogP contribution in [0.15, 0.2) is 133 Å². The fraction of sp³-hybridized carbons (Fsp3) is 0.321. The van der Waals surface area contributed by atoms with Crippen LogP contribution in [0.4, 0.5) is 17.1 Å². The zero-order valence-corrected chi connectivity index (χ0v) is 32.3. The predicted molar refractivity (Wildman–Crippen MR) is 228 cm³/mol. The van der Waals surface area contributed by atoms with Gasteiger partial charge < -0.3 is 4.90 Å². The lowest BCUT2D eigenvalue weighted by atomic mass is 9.82. The van der Waals surface area contributed by atoms with Gasteiger partial charge in [0.1, 0.15) is 0 Å². The Labute approximate surface area is 323 Å². The summed E-state index contributed by atoms with van der Waals surface area (Å²) >= 11 is 0. The monoisotopic (exact) mass is 703 g/mol. The third-order valence-corrected chi connectivity index (χ3v) is 14.1. The first-order valence-corrected chi connectivity index (χ1v) is 20.9. The summed E-state index contributed by atoms with van der Waals surface area (Å²) in [5, 5.41) is 0. The molecule has 3 unspecified atom stereocenters. The highest BCUT2D eigenvalue weighted by Crippen LogP contribution is 2.54. The third kappa shape index (κ3) is 5.74. The fourth-order valence-electron chi connectivity index (χ4n) is 11.2. The molecule has 6 aromatic rings. The normalized spacial score (nSPS) is 21.2. The first-order chi connectivity index (χ1) is 26.4. The van der Waals surface area contributed by atoms with Crippen molar-refractivity contribution in [1.29, 1.82) is 0 Å². The average molecular weight is 704 g/mol. The van der Waals surface area contributed by atoms with Gasteiger partial charge in [-0.25, -0.2) is 0 Å². The molecule has 0 N–H and O–H groups in total. The van der Waals surface area contributed by atoms with Gasteiger partial charge in [-0.05, 0) is 160 Å². The Morgan fingerprint density at radius 3 is 1.80 bits per heavy atom. The van der Waals surface area contributed by atoms with Gasteiger partial charge in [0.25, 0.3) is 0 Å². The van der Waals surface area contributed by atoms with Crippen molar-refractivity contribution < 1.29 is 0 Å². The van der Waals surface area contributed by atoms with Gasteiger partial charge in [0.15, 0.2) is 0 Å². The Hall–Kier alpha value is -4.88. The highest BCUT2D eigenvalue weighted by Gasteiger charge is 2.40. The molecule has 10 rings (SSSR count). The summed E-state index contributed by atoms with van der Waals surface area (Å²) < 4.78 is 0. The molecule has 270 valence electrons. The minimum Gasteiger partial charge on any atom is -0.310 e. The molecule has 0 amide bonds. The van der Waals surface area contributed by atoms with Gasteiger partial charge in [0.05, 0.1) is 0 Å². The van der Waals surface area contributed by atoms with Crippen LogP contribution < -0.4 is 4.90 Å².